The van der Waals surface area contributed by atoms with Gasteiger partial charge in [0.25, 0.3) is 0 Å². The van der Waals surface area contributed by atoms with E-state index >= 15 is 0 Å². The molecule has 1 aromatic rings. The zero-order valence-electron chi connectivity index (χ0n) is 9.80. The van der Waals surface area contributed by atoms with Crippen molar-refractivity contribution in [2.24, 2.45) is 11.7 Å². The topological polar surface area (TPSA) is 26.0 Å². The minimum absolute atomic E-state index is 0.0910. The SMILES string of the molecule is N[C@H](c1cc(Cl)cc(C(F)(F)F)c1)C1CCCC1. The minimum Gasteiger partial charge on any atom is -0.324 e. The van der Waals surface area contributed by atoms with Gasteiger partial charge in [-0.05, 0) is 42.5 Å². The Morgan fingerprint density at radius 3 is 2.33 bits per heavy atom. The van der Waals surface area contributed by atoms with Crippen molar-refractivity contribution in [1.29, 1.82) is 0 Å². The van der Waals surface area contributed by atoms with Crippen LogP contribution in [-0.4, -0.2) is 0 Å². The molecule has 0 saturated heterocycles. The van der Waals surface area contributed by atoms with E-state index in [2.05, 4.69) is 0 Å². The molecule has 0 heterocycles. The van der Waals surface area contributed by atoms with Crippen molar-refractivity contribution in [1.82, 2.24) is 0 Å². The summed E-state index contributed by atoms with van der Waals surface area (Å²) in [6.45, 7) is 0. The number of hydrogen-bond donors (Lipinski definition) is 1. The van der Waals surface area contributed by atoms with E-state index in [4.69, 9.17) is 17.3 Å². The lowest BCUT2D eigenvalue weighted by atomic mass is 9.91. The van der Waals surface area contributed by atoms with Crippen LogP contribution in [0, 0.1) is 5.92 Å². The lowest BCUT2D eigenvalue weighted by Crippen LogP contribution is -2.20. The van der Waals surface area contributed by atoms with Crippen molar-refractivity contribution >= 4 is 11.6 Å². The van der Waals surface area contributed by atoms with Gasteiger partial charge in [-0.25, -0.2) is 0 Å². The second kappa shape index (κ2) is 5.10. The number of nitrogens with two attached hydrogens (primary N) is 1. The molecule has 5 heteroatoms. The molecule has 1 aromatic carbocycles. The molecule has 1 saturated carbocycles. The molecule has 1 aliphatic carbocycles. The Morgan fingerprint density at radius 1 is 1.17 bits per heavy atom. The summed E-state index contributed by atoms with van der Waals surface area (Å²) in [6, 6.07) is 3.24. The third kappa shape index (κ3) is 2.98. The van der Waals surface area contributed by atoms with Crippen LogP contribution in [-0.2, 0) is 6.18 Å². The van der Waals surface area contributed by atoms with Gasteiger partial charge in [0.1, 0.15) is 0 Å². The fourth-order valence-corrected chi connectivity index (χ4v) is 2.80. The lowest BCUT2D eigenvalue weighted by Gasteiger charge is -2.20. The summed E-state index contributed by atoms with van der Waals surface area (Å²) in [4.78, 5) is 0. The Labute approximate surface area is 109 Å². The molecule has 0 bridgehead atoms. The fourth-order valence-electron chi connectivity index (χ4n) is 2.56. The van der Waals surface area contributed by atoms with Gasteiger partial charge in [-0.2, -0.15) is 13.2 Å². The third-order valence-corrected chi connectivity index (χ3v) is 3.76. The average molecular weight is 278 g/mol. The first-order chi connectivity index (χ1) is 8.38. The number of halogens is 4. The molecule has 1 nitrogen and oxygen atoms in total. The largest absolute Gasteiger partial charge is 0.416 e. The van der Waals surface area contributed by atoms with Gasteiger partial charge in [-0.3, -0.25) is 0 Å². The maximum atomic E-state index is 12.7. The van der Waals surface area contributed by atoms with Crippen LogP contribution in [0.4, 0.5) is 13.2 Å². The van der Waals surface area contributed by atoms with Gasteiger partial charge in [0.05, 0.1) is 5.56 Å². The molecule has 1 atom stereocenters. The van der Waals surface area contributed by atoms with Crippen molar-refractivity contribution in [3.63, 3.8) is 0 Å². The molecule has 0 aliphatic heterocycles. The van der Waals surface area contributed by atoms with Crippen LogP contribution >= 0.6 is 11.6 Å². The van der Waals surface area contributed by atoms with Gasteiger partial charge < -0.3 is 5.73 Å². The van der Waals surface area contributed by atoms with Crippen molar-refractivity contribution in [3.8, 4) is 0 Å². The maximum Gasteiger partial charge on any atom is 0.416 e. The van der Waals surface area contributed by atoms with Crippen LogP contribution in [0.2, 0.25) is 5.02 Å². The van der Waals surface area contributed by atoms with Gasteiger partial charge >= 0.3 is 6.18 Å². The second-order valence-electron chi connectivity index (χ2n) is 4.84. The number of hydrogen-bond acceptors (Lipinski definition) is 1. The molecule has 0 spiro atoms. The molecule has 2 rings (SSSR count). The molecule has 18 heavy (non-hydrogen) atoms. The Morgan fingerprint density at radius 2 is 1.78 bits per heavy atom. The predicted octanol–water partition coefficient (Wildman–Crippen LogP) is 4.55. The van der Waals surface area contributed by atoms with E-state index in [9.17, 15) is 13.2 Å². The molecule has 0 radical (unpaired) electrons. The molecule has 1 fully saturated rings. The highest BCUT2D eigenvalue weighted by Gasteiger charge is 2.32. The molecule has 100 valence electrons. The van der Waals surface area contributed by atoms with E-state index in [-0.39, 0.29) is 17.0 Å². The summed E-state index contributed by atoms with van der Waals surface area (Å²) >= 11 is 5.75. The van der Waals surface area contributed by atoms with Gasteiger partial charge in [-0.1, -0.05) is 24.4 Å². The molecule has 2 N–H and O–H groups in total. The second-order valence-corrected chi connectivity index (χ2v) is 5.28. The van der Waals surface area contributed by atoms with Crippen LogP contribution in [0.25, 0.3) is 0 Å². The lowest BCUT2D eigenvalue weighted by molar-refractivity contribution is -0.137. The summed E-state index contributed by atoms with van der Waals surface area (Å²) in [6.07, 6.45) is -0.213. The average Bonchev–Trinajstić information content (AvgIpc) is 2.79. The Kier molecular flexibility index (Phi) is 3.87. The molecular weight excluding hydrogens is 263 g/mol. The van der Waals surface area contributed by atoms with E-state index in [1.165, 1.54) is 0 Å². The maximum absolute atomic E-state index is 12.7. The summed E-state index contributed by atoms with van der Waals surface area (Å²) in [7, 11) is 0. The monoisotopic (exact) mass is 277 g/mol. The van der Waals surface area contributed by atoms with Gasteiger partial charge in [0, 0.05) is 11.1 Å². The summed E-state index contributed by atoms with van der Waals surface area (Å²) in [5, 5.41) is 0.0910. The zero-order chi connectivity index (χ0) is 13.3. The first-order valence-corrected chi connectivity index (χ1v) is 6.39. The standard InChI is InChI=1S/C13H15ClF3N/c14-11-6-9(5-10(7-11)13(15,16)17)12(18)8-3-1-2-4-8/h5-8,12H,1-4,18H2/t12-/m0/s1. The van der Waals surface area contributed by atoms with E-state index in [0.29, 0.717) is 5.56 Å². The van der Waals surface area contributed by atoms with Crippen molar-refractivity contribution in [2.45, 2.75) is 37.9 Å². The van der Waals surface area contributed by atoms with Crippen molar-refractivity contribution < 1.29 is 13.2 Å². The quantitative estimate of drug-likeness (QED) is 0.843. The third-order valence-electron chi connectivity index (χ3n) is 3.54. The Bertz CT molecular complexity index is 425. The molecule has 1 aliphatic rings. The highest BCUT2D eigenvalue weighted by Crippen LogP contribution is 2.38. The van der Waals surface area contributed by atoms with Gasteiger partial charge in [0.15, 0.2) is 0 Å². The Balaban J connectivity index is 2.29. The van der Waals surface area contributed by atoms with Crippen molar-refractivity contribution in [2.75, 3.05) is 0 Å². The molecule has 0 aromatic heterocycles. The van der Waals surface area contributed by atoms with Crippen LogP contribution < -0.4 is 5.73 Å². The van der Waals surface area contributed by atoms with Crippen LogP contribution in [0.1, 0.15) is 42.9 Å². The van der Waals surface area contributed by atoms with E-state index in [1.54, 1.807) is 6.07 Å². The van der Waals surface area contributed by atoms with E-state index in [1.807, 2.05) is 0 Å². The fraction of sp³-hybridized carbons (Fsp3) is 0.538. The van der Waals surface area contributed by atoms with Crippen LogP contribution in [0.15, 0.2) is 18.2 Å². The smallest absolute Gasteiger partial charge is 0.324 e. The van der Waals surface area contributed by atoms with Gasteiger partial charge in [-0.15, -0.1) is 0 Å². The highest BCUT2D eigenvalue weighted by molar-refractivity contribution is 6.30. The normalized spacial score (nSPS) is 19.2. The number of rotatable bonds is 2. The first kappa shape index (κ1) is 13.7. The van der Waals surface area contributed by atoms with Gasteiger partial charge in [0.2, 0.25) is 0 Å². The van der Waals surface area contributed by atoms with Crippen LogP contribution in [0.5, 0.6) is 0 Å². The van der Waals surface area contributed by atoms with E-state index < -0.39 is 11.7 Å². The van der Waals surface area contributed by atoms with Crippen molar-refractivity contribution in [3.05, 3.63) is 34.3 Å². The zero-order valence-corrected chi connectivity index (χ0v) is 10.6. The van der Waals surface area contributed by atoms with E-state index in [0.717, 1.165) is 37.8 Å². The molecule has 0 amide bonds. The Hall–Kier alpha value is -0.740. The molecular formula is C13H15ClF3N. The summed E-state index contributed by atoms with van der Waals surface area (Å²) < 4.78 is 38.1. The highest BCUT2D eigenvalue weighted by atomic mass is 35.5. The van der Waals surface area contributed by atoms with Crippen LogP contribution in [0.3, 0.4) is 0 Å². The predicted molar refractivity (Wildman–Crippen MR) is 65.3 cm³/mol. The molecule has 0 unspecified atom stereocenters. The number of alkyl halides is 3. The summed E-state index contributed by atoms with van der Waals surface area (Å²) in [5.41, 5.74) is 5.82. The first-order valence-electron chi connectivity index (χ1n) is 6.01. The summed E-state index contributed by atoms with van der Waals surface area (Å²) in [5.74, 6) is 0.268. The minimum atomic E-state index is -4.38. The number of benzene rings is 1.